The van der Waals surface area contributed by atoms with Gasteiger partial charge >= 0.3 is 11.9 Å². The lowest BCUT2D eigenvalue weighted by atomic mass is 9.84. The maximum atomic E-state index is 11.2. The van der Waals surface area contributed by atoms with Crippen molar-refractivity contribution in [2.75, 3.05) is 0 Å². The first-order chi connectivity index (χ1) is 10.8. The zero-order valence-electron chi connectivity index (χ0n) is 13.3. The molecule has 122 valence electrons. The van der Waals surface area contributed by atoms with Gasteiger partial charge in [-0.05, 0) is 29.2 Å². The van der Waals surface area contributed by atoms with Gasteiger partial charge in [-0.25, -0.2) is 9.59 Å². The lowest BCUT2D eigenvalue weighted by Gasteiger charge is -2.21. The van der Waals surface area contributed by atoms with E-state index in [0.29, 0.717) is 11.1 Å². The summed E-state index contributed by atoms with van der Waals surface area (Å²) in [5.41, 5.74) is 1.45. The minimum absolute atomic E-state index is 0.148. The van der Waals surface area contributed by atoms with Crippen molar-refractivity contribution in [3.8, 4) is 0 Å². The molecule has 0 atom stereocenters. The van der Waals surface area contributed by atoms with Crippen molar-refractivity contribution in [3.63, 3.8) is 0 Å². The van der Waals surface area contributed by atoms with E-state index in [-0.39, 0.29) is 5.41 Å². The Hall–Kier alpha value is -2.66. The Morgan fingerprint density at radius 2 is 1.43 bits per heavy atom. The number of carbonyl (C=O) groups is 2. The first kappa shape index (κ1) is 18.4. The average Bonchev–Trinajstić information content (AvgIpc) is 2.54. The highest BCUT2D eigenvalue weighted by Crippen LogP contribution is 2.25. The molecule has 5 nitrogen and oxygen atoms in total. The standard InChI is InChI=1S/C11H14O3.C7H6O2/c1-11(2,3)9-7-5-4-6-8(9)10(12)14-13;8-7(9)6-4-2-1-3-5-6/h4-7,13H,1-3H3;1-5H,(H,8,9). The van der Waals surface area contributed by atoms with Gasteiger partial charge in [-0.3, -0.25) is 4.89 Å². The Balaban J connectivity index is 0.000000253. The molecule has 2 N–H and O–H groups in total. The molecule has 0 heterocycles. The summed E-state index contributed by atoms with van der Waals surface area (Å²) in [6, 6.07) is 15.4. The molecule has 0 fully saturated rings. The minimum Gasteiger partial charge on any atom is -0.478 e. The largest absolute Gasteiger partial charge is 0.478 e. The van der Waals surface area contributed by atoms with E-state index in [9.17, 15) is 9.59 Å². The summed E-state index contributed by atoms with van der Waals surface area (Å²) < 4.78 is 0. The maximum absolute atomic E-state index is 11.2. The molecule has 0 aromatic heterocycles. The quantitative estimate of drug-likeness (QED) is 0.646. The number of carbonyl (C=O) groups excluding carboxylic acids is 1. The van der Waals surface area contributed by atoms with Crippen LogP contribution in [0.25, 0.3) is 0 Å². The highest BCUT2D eigenvalue weighted by molar-refractivity contribution is 5.91. The first-order valence-electron chi connectivity index (χ1n) is 7.01. The third-order valence-electron chi connectivity index (χ3n) is 3.06. The molecule has 2 aromatic rings. The van der Waals surface area contributed by atoms with Gasteiger partial charge < -0.3 is 5.11 Å². The second kappa shape index (κ2) is 8.10. The van der Waals surface area contributed by atoms with Crippen molar-refractivity contribution in [2.45, 2.75) is 26.2 Å². The van der Waals surface area contributed by atoms with Crippen LogP contribution in [-0.4, -0.2) is 22.3 Å². The average molecular weight is 316 g/mol. The van der Waals surface area contributed by atoms with E-state index in [0.717, 1.165) is 5.56 Å². The topological polar surface area (TPSA) is 83.8 Å². The zero-order valence-corrected chi connectivity index (χ0v) is 13.3. The van der Waals surface area contributed by atoms with Gasteiger partial charge in [0.05, 0.1) is 11.1 Å². The molecular weight excluding hydrogens is 296 g/mol. The van der Waals surface area contributed by atoms with Gasteiger partial charge in [0.2, 0.25) is 0 Å². The molecule has 0 saturated carbocycles. The maximum Gasteiger partial charge on any atom is 0.373 e. The second-order valence-corrected chi connectivity index (χ2v) is 5.85. The molecule has 2 rings (SSSR count). The summed E-state index contributed by atoms with van der Waals surface area (Å²) >= 11 is 0. The highest BCUT2D eigenvalue weighted by Gasteiger charge is 2.21. The third kappa shape index (κ3) is 5.56. The minimum atomic E-state index is -0.879. The van der Waals surface area contributed by atoms with Gasteiger partial charge in [0.25, 0.3) is 0 Å². The fraction of sp³-hybridized carbons (Fsp3) is 0.222. The fourth-order valence-electron chi connectivity index (χ4n) is 1.95. The van der Waals surface area contributed by atoms with E-state index in [1.54, 1.807) is 42.5 Å². The molecule has 0 bridgehead atoms. The molecular formula is C18H20O5. The summed E-state index contributed by atoms with van der Waals surface area (Å²) in [4.78, 5) is 25.1. The summed E-state index contributed by atoms with van der Waals surface area (Å²) in [6.45, 7) is 5.99. The number of hydrogen-bond donors (Lipinski definition) is 2. The Morgan fingerprint density at radius 3 is 1.87 bits per heavy atom. The molecule has 0 aliphatic carbocycles. The molecule has 5 heteroatoms. The van der Waals surface area contributed by atoms with Crippen LogP contribution in [0.4, 0.5) is 0 Å². The Bertz CT molecular complexity index is 657. The van der Waals surface area contributed by atoms with Crippen LogP contribution in [0.1, 0.15) is 47.1 Å². The van der Waals surface area contributed by atoms with Crippen LogP contribution in [0.3, 0.4) is 0 Å². The number of aromatic carboxylic acids is 1. The van der Waals surface area contributed by atoms with Crippen molar-refractivity contribution in [1.29, 1.82) is 0 Å². The van der Waals surface area contributed by atoms with E-state index in [1.807, 2.05) is 32.9 Å². The first-order valence-corrected chi connectivity index (χ1v) is 7.01. The van der Waals surface area contributed by atoms with Crippen LogP contribution in [0, 0.1) is 0 Å². The molecule has 0 saturated heterocycles. The van der Waals surface area contributed by atoms with Gasteiger partial charge in [-0.2, -0.15) is 5.26 Å². The van der Waals surface area contributed by atoms with Crippen LogP contribution in [-0.2, 0) is 10.3 Å². The third-order valence-corrected chi connectivity index (χ3v) is 3.06. The van der Waals surface area contributed by atoms with Crippen LogP contribution in [0.2, 0.25) is 0 Å². The monoisotopic (exact) mass is 316 g/mol. The van der Waals surface area contributed by atoms with Crippen molar-refractivity contribution < 1.29 is 24.8 Å². The number of carboxylic acids is 1. The predicted molar refractivity (Wildman–Crippen MR) is 86.6 cm³/mol. The molecule has 0 radical (unpaired) electrons. The van der Waals surface area contributed by atoms with E-state index >= 15 is 0 Å². The summed E-state index contributed by atoms with van der Waals surface area (Å²) in [5, 5.41) is 16.7. The molecule has 0 aliphatic heterocycles. The zero-order chi connectivity index (χ0) is 17.5. The van der Waals surface area contributed by atoms with Gasteiger partial charge in [0.1, 0.15) is 0 Å². The summed E-state index contributed by atoms with van der Waals surface area (Å²) in [7, 11) is 0. The Morgan fingerprint density at radius 1 is 0.913 bits per heavy atom. The summed E-state index contributed by atoms with van der Waals surface area (Å²) in [5.74, 6) is -1.59. The summed E-state index contributed by atoms with van der Waals surface area (Å²) in [6.07, 6.45) is 0. The number of benzene rings is 2. The van der Waals surface area contributed by atoms with E-state index in [1.165, 1.54) is 0 Å². The van der Waals surface area contributed by atoms with Crippen LogP contribution >= 0.6 is 0 Å². The van der Waals surface area contributed by atoms with Crippen molar-refractivity contribution >= 4 is 11.9 Å². The molecule has 0 amide bonds. The van der Waals surface area contributed by atoms with Crippen molar-refractivity contribution in [2.24, 2.45) is 0 Å². The van der Waals surface area contributed by atoms with Gasteiger partial charge in [0.15, 0.2) is 0 Å². The van der Waals surface area contributed by atoms with Crippen molar-refractivity contribution in [3.05, 3.63) is 71.3 Å². The number of rotatable bonds is 2. The van der Waals surface area contributed by atoms with E-state index in [4.69, 9.17) is 10.4 Å². The van der Waals surface area contributed by atoms with Gasteiger partial charge in [-0.1, -0.05) is 57.2 Å². The molecule has 0 spiro atoms. The van der Waals surface area contributed by atoms with Gasteiger partial charge in [0, 0.05) is 0 Å². The SMILES string of the molecule is CC(C)(C)c1ccccc1C(=O)OO.O=C(O)c1ccccc1. The van der Waals surface area contributed by atoms with Crippen LogP contribution in [0.5, 0.6) is 0 Å². The van der Waals surface area contributed by atoms with Crippen LogP contribution in [0.15, 0.2) is 54.6 Å². The molecule has 2 aromatic carbocycles. The number of carboxylic acid groups (broad SMARTS) is 1. The highest BCUT2D eigenvalue weighted by atomic mass is 17.1. The fourth-order valence-corrected chi connectivity index (χ4v) is 1.95. The normalized spacial score (nSPS) is 10.3. The smallest absolute Gasteiger partial charge is 0.373 e. The molecule has 0 aliphatic rings. The van der Waals surface area contributed by atoms with E-state index in [2.05, 4.69) is 4.89 Å². The predicted octanol–water partition coefficient (Wildman–Crippen LogP) is 4.00. The Kier molecular flexibility index (Phi) is 6.48. The second-order valence-electron chi connectivity index (χ2n) is 5.85. The Labute approximate surface area is 135 Å². The van der Waals surface area contributed by atoms with Crippen molar-refractivity contribution in [1.82, 2.24) is 0 Å². The van der Waals surface area contributed by atoms with Crippen LogP contribution < -0.4 is 0 Å². The van der Waals surface area contributed by atoms with Gasteiger partial charge in [-0.15, -0.1) is 0 Å². The lowest BCUT2D eigenvalue weighted by Crippen LogP contribution is -2.17. The number of hydrogen-bond acceptors (Lipinski definition) is 4. The van der Waals surface area contributed by atoms with E-state index < -0.39 is 11.9 Å². The lowest BCUT2D eigenvalue weighted by molar-refractivity contribution is -0.182. The molecule has 23 heavy (non-hydrogen) atoms. The molecule has 0 unspecified atom stereocenters.